The van der Waals surface area contributed by atoms with Crippen LogP contribution in [0.5, 0.6) is 0 Å². The van der Waals surface area contributed by atoms with Crippen molar-refractivity contribution in [3.63, 3.8) is 0 Å². The Morgan fingerprint density at radius 2 is 1.90 bits per heavy atom. The lowest BCUT2D eigenvalue weighted by molar-refractivity contribution is -0.119. The first-order valence-electron chi connectivity index (χ1n) is 5.32. The van der Waals surface area contributed by atoms with Gasteiger partial charge in [-0.2, -0.15) is 0 Å². The van der Waals surface area contributed by atoms with Crippen LogP contribution >= 0.6 is 23.2 Å². The van der Waals surface area contributed by atoms with Crippen molar-refractivity contribution in [1.82, 2.24) is 9.97 Å². The molecule has 104 valence electrons. The van der Waals surface area contributed by atoms with E-state index in [1.54, 1.807) is 0 Å². The molecule has 0 saturated heterocycles. The van der Waals surface area contributed by atoms with Gasteiger partial charge in [-0.1, -0.05) is 23.2 Å². The maximum absolute atomic E-state index is 11.5. The van der Waals surface area contributed by atoms with Crippen molar-refractivity contribution in [1.29, 1.82) is 0 Å². The van der Waals surface area contributed by atoms with E-state index in [1.807, 2.05) is 0 Å². The van der Waals surface area contributed by atoms with Gasteiger partial charge in [-0.3, -0.25) is 14.4 Å². The maximum Gasteiger partial charge on any atom is 0.314 e. The molecule has 0 fully saturated rings. The number of carbonyl (C=O) groups excluding carboxylic acids is 2. The summed E-state index contributed by atoms with van der Waals surface area (Å²) in [6.07, 6.45) is 0.0402. The molecule has 20 heavy (non-hydrogen) atoms. The van der Waals surface area contributed by atoms with Crippen molar-refractivity contribution in [3.05, 3.63) is 36.8 Å². The third kappa shape index (κ3) is 2.59. The summed E-state index contributed by atoms with van der Waals surface area (Å²) in [5, 5.41) is 2.42. The molecule has 0 aliphatic carbocycles. The van der Waals surface area contributed by atoms with Crippen LogP contribution in [0, 0.1) is 0 Å². The van der Waals surface area contributed by atoms with Crippen LogP contribution in [-0.2, 0) is 9.59 Å². The van der Waals surface area contributed by atoms with Crippen LogP contribution in [0.3, 0.4) is 0 Å². The second-order valence-corrected chi connectivity index (χ2v) is 4.58. The highest BCUT2D eigenvalue weighted by Gasteiger charge is 2.15. The third-order valence-electron chi connectivity index (χ3n) is 2.45. The number of nitrogens with one attached hydrogen (secondary N) is 3. The highest BCUT2D eigenvalue weighted by molar-refractivity contribution is 6.45. The molecule has 1 heterocycles. The van der Waals surface area contributed by atoms with Gasteiger partial charge in [-0.15, -0.1) is 0 Å². The molecule has 0 saturated carbocycles. The maximum atomic E-state index is 11.5. The number of carbonyl (C=O) groups is 2. The first-order chi connectivity index (χ1) is 9.43. The predicted octanol–water partition coefficient (Wildman–Crippen LogP) is 1.05. The Morgan fingerprint density at radius 1 is 1.25 bits per heavy atom. The quantitative estimate of drug-likeness (QED) is 0.446. The van der Waals surface area contributed by atoms with Gasteiger partial charge in [0.15, 0.2) is 0 Å². The number of anilines is 1. The van der Waals surface area contributed by atoms with Gasteiger partial charge in [0.25, 0.3) is 0 Å². The minimum atomic E-state index is -0.901. The lowest BCUT2D eigenvalue weighted by Crippen LogP contribution is -2.29. The van der Waals surface area contributed by atoms with E-state index in [2.05, 4.69) is 15.3 Å². The number of aromatic amines is 2. The molecule has 2 rings (SSSR count). The Bertz CT molecular complexity index is 825. The SMILES string of the molecule is O=CCC(=O)Nc1c(Cl)c(Cl)cc2[nH]c(=O)c(=O)[nH]c12. The number of rotatable bonds is 3. The molecule has 1 aromatic carbocycles. The topological polar surface area (TPSA) is 112 Å². The van der Waals surface area contributed by atoms with E-state index in [0.717, 1.165) is 0 Å². The summed E-state index contributed by atoms with van der Waals surface area (Å²) < 4.78 is 0. The average molecular weight is 316 g/mol. The standard InChI is InChI=1S/C11H7Cl2N3O4/c12-4-3-5-8(16-11(20)10(19)14-5)9(7(4)13)15-6(18)1-2-17/h2-3H,1H2,(H,14,19)(H,15,18)(H,16,20). The fourth-order valence-corrected chi connectivity index (χ4v) is 1.99. The monoisotopic (exact) mass is 315 g/mol. The summed E-state index contributed by atoms with van der Waals surface area (Å²) in [6, 6.07) is 1.34. The molecule has 1 amide bonds. The molecule has 2 aromatic rings. The van der Waals surface area contributed by atoms with Crippen molar-refractivity contribution < 1.29 is 9.59 Å². The molecule has 0 radical (unpaired) electrons. The Balaban J connectivity index is 2.73. The highest BCUT2D eigenvalue weighted by atomic mass is 35.5. The molecule has 9 heteroatoms. The van der Waals surface area contributed by atoms with Gasteiger partial charge in [0.1, 0.15) is 6.29 Å². The van der Waals surface area contributed by atoms with Crippen molar-refractivity contribution in [2.75, 3.05) is 5.32 Å². The van der Waals surface area contributed by atoms with Gasteiger partial charge in [0.05, 0.1) is 33.2 Å². The van der Waals surface area contributed by atoms with Crippen LogP contribution in [0.15, 0.2) is 15.7 Å². The number of H-pyrrole nitrogens is 2. The van der Waals surface area contributed by atoms with Crippen LogP contribution < -0.4 is 16.4 Å². The average Bonchev–Trinajstić information content (AvgIpc) is 2.38. The molecular formula is C11H7Cl2N3O4. The first kappa shape index (κ1) is 14.3. The molecule has 0 aliphatic heterocycles. The summed E-state index contributed by atoms with van der Waals surface area (Å²) in [7, 11) is 0. The molecule has 0 unspecified atom stereocenters. The van der Waals surface area contributed by atoms with E-state index in [1.165, 1.54) is 6.07 Å². The highest BCUT2D eigenvalue weighted by Crippen LogP contribution is 2.35. The van der Waals surface area contributed by atoms with Crippen LogP contribution in [0.25, 0.3) is 11.0 Å². The molecule has 3 N–H and O–H groups in total. The Hall–Kier alpha value is -2.12. The van der Waals surface area contributed by atoms with E-state index in [4.69, 9.17) is 23.2 Å². The zero-order chi connectivity index (χ0) is 14.9. The van der Waals surface area contributed by atoms with Gasteiger partial charge in [0.2, 0.25) is 5.91 Å². The minimum Gasteiger partial charge on any atom is -0.323 e. The lowest BCUT2D eigenvalue weighted by Gasteiger charge is -2.10. The van der Waals surface area contributed by atoms with Gasteiger partial charge in [-0.25, -0.2) is 0 Å². The minimum absolute atomic E-state index is 0.0129. The molecular weight excluding hydrogens is 309 g/mol. The fraction of sp³-hybridized carbons (Fsp3) is 0.0909. The number of aromatic nitrogens is 2. The summed E-state index contributed by atoms with van der Waals surface area (Å²) in [5.41, 5.74) is -1.43. The second kappa shape index (κ2) is 5.48. The number of amides is 1. The zero-order valence-corrected chi connectivity index (χ0v) is 11.3. The summed E-state index contributed by atoms with van der Waals surface area (Å²) in [5.74, 6) is -0.627. The van der Waals surface area contributed by atoms with Gasteiger partial charge >= 0.3 is 11.1 Å². The van der Waals surface area contributed by atoms with Crippen LogP contribution in [0.1, 0.15) is 6.42 Å². The van der Waals surface area contributed by atoms with E-state index in [9.17, 15) is 19.2 Å². The number of hydrogen-bond acceptors (Lipinski definition) is 4. The van der Waals surface area contributed by atoms with Gasteiger partial charge in [-0.05, 0) is 6.07 Å². The number of hydrogen-bond donors (Lipinski definition) is 3. The van der Waals surface area contributed by atoms with E-state index in [-0.39, 0.29) is 33.2 Å². The Morgan fingerprint density at radius 3 is 2.55 bits per heavy atom. The smallest absolute Gasteiger partial charge is 0.314 e. The van der Waals surface area contributed by atoms with E-state index in [0.29, 0.717) is 6.29 Å². The van der Waals surface area contributed by atoms with E-state index < -0.39 is 17.0 Å². The number of halogens is 2. The molecule has 0 spiro atoms. The predicted molar refractivity (Wildman–Crippen MR) is 74.5 cm³/mol. The Labute approximate surface area is 120 Å². The zero-order valence-electron chi connectivity index (χ0n) is 9.75. The fourth-order valence-electron chi connectivity index (χ4n) is 1.59. The Kier molecular flexibility index (Phi) is 3.91. The van der Waals surface area contributed by atoms with Crippen molar-refractivity contribution in [3.8, 4) is 0 Å². The molecule has 0 aliphatic rings. The second-order valence-electron chi connectivity index (χ2n) is 3.80. The van der Waals surface area contributed by atoms with Crippen LogP contribution in [0.2, 0.25) is 10.0 Å². The van der Waals surface area contributed by atoms with Gasteiger partial charge in [0, 0.05) is 0 Å². The van der Waals surface area contributed by atoms with Crippen molar-refractivity contribution in [2.45, 2.75) is 6.42 Å². The number of aldehydes is 1. The third-order valence-corrected chi connectivity index (χ3v) is 3.23. The summed E-state index contributed by atoms with van der Waals surface area (Å²) >= 11 is 11.8. The largest absolute Gasteiger partial charge is 0.323 e. The molecule has 7 nitrogen and oxygen atoms in total. The summed E-state index contributed by atoms with van der Waals surface area (Å²) in [4.78, 5) is 49.0. The number of fused-ring (bicyclic) bond motifs is 1. The summed E-state index contributed by atoms with van der Waals surface area (Å²) in [6.45, 7) is 0. The van der Waals surface area contributed by atoms with E-state index >= 15 is 0 Å². The van der Waals surface area contributed by atoms with Crippen molar-refractivity contribution in [2.24, 2.45) is 0 Å². The van der Waals surface area contributed by atoms with Gasteiger partial charge < -0.3 is 20.1 Å². The molecule has 1 aromatic heterocycles. The number of benzene rings is 1. The van der Waals surface area contributed by atoms with Crippen LogP contribution in [-0.4, -0.2) is 22.2 Å². The first-order valence-corrected chi connectivity index (χ1v) is 6.07. The van der Waals surface area contributed by atoms with Crippen LogP contribution in [0.4, 0.5) is 5.69 Å². The normalized spacial score (nSPS) is 10.5. The molecule has 0 atom stereocenters. The van der Waals surface area contributed by atoms with Crippen molar-refractivity contribution >= 4 is 52.1 Å². The lowest BCUT2D eigenvalue weighted by atomic mass is 10.2. The molecule has 0 bridgehead atoms.